The summed E-state index contributed by atoms with van der Waals surface area (Å²) in [5.74, 6) is -0.251. The van der Waals surface area contributed by atoms with Crippen molar-refractivity contribution >= 4 is 17.8 Å². The molecule has 3 heteroatoms. The molecule has 0 aliphatic heterocycles. The Morgan fingerprint density at radius 2 is 1.57 bits per heavy atom. The van der Waals surface area contributed by atoms with Crippen LogP contribution in [0.1, 0.15) is 24.5 Å². The molecule has 118 valence electrons. The Hall–Kier alpha value is -2.68. The van der Waals surface area contributed by atoms with Gasteiger partial charge in [-0.2, -0.15) is 0 Å². The molecule has 0 saturated heterocycles. The van der Waals surface area contributed by atoms with E-state index in [2.05, 4.69) is 0 Å². The van der Waals surface area contributed by atoms with E-state index in [0.29, 0.717) is 13.1 Å². The molecule has 2 rings (SSSR count). The lowest BCUT2D eigenvalue weighted by Gasteiger charge is -2.21. The average Bonchev–Trinajstić information content (AvgIpc) is 2.55. The number of benzene rings is 2. The minimum absolute atomic E-state index is 0.0496. The molecule has 0 N–H and O–H groups in total. The lowest BCUT2D eigenvalue weighted by molar-refractivity contribution is -0.134. The highest BCUT2D eigenvalue weighted by Crippen LogP contribution is 2.08. The highest BCUT2D eigenvalue weighted by atomic mass is 16.2. The highest BCUT2D eigenvalue weighted by molar-refractivity contribution is 5.96. The van der Waals surface area contributed by atoms with Crippen LogP contribution in [0.25, 0.3) is 6.08 Å². The molecular formula is C20H21NO2. The summed E-state index contributed by atoms with van der Waals surface area (Å²) in [7, 11) is 0. The first kappa shape index (κ1) is 16.7. The van der Waals surface area contributed by atoms with Crippen LogP contribution in [0.2, 0.25) is 0 Å². The van der Waals surface area contributed by atoms with Crippen LogP contribution in [0, 0.1) is 0 Å². The minimum atomic E-state index is -0.140. The van der Waals surface area contributed by atoms with E-state index in [9.17, 15) is 9.59 Å². The van der Waals surface area contributed by atoms with Crippen molar-refractivity contribution < 1.29 is 9.59 Å². The van der Waals surface area contributed by atoms with Gasteiger partial charge in [-0.25, -0.2) is 0 Å². The summed E-state index contributed by atoms with van der Waals surface area (Å²) < 4.78 is 0. The van der Waals surface area contributed by atoms with E-state index in [-0.39, 0.29) is 18.1 Å². The fourth-order valence-corrected chi connectivity index (χ4v) is 2.26. The smallest absolute Gasteiger partial charge is 0.230 e. The van der Waals surface area contributed by atoms with E-state index in [0.717, 1.165) is 11.1 Å². The van der Waals surface area contributed by atoms with Gasteiger partial charge in [0.25, 0.3) is 0 Å². The number of ketones is 1. The van der Waals surface area contributed by atoms with Crippen LogP contribution in [0.15, 0.2) is 66.7 Å². The van der Waals surface area contributed by atoms with Crippen LogP contribution >= 0.6 is 0 Å². The van der Waals surface area contributed by atoms with E-state index in [4.69, 9.17) is 0 Å². The Morgan fingerprint density at radius 3 is 2.17 bits per heavy atom. The molecular weight excluding hydrogens is 286 g/mol. The SMILES string of the molecule is CC(=O)CC(=O)N(C/C=C\c1ccccc1)Cc1ccccc1. The molecule has 0 aliphatic rings. The third-order valence-electron chi connectivity index (χ3n) is 3.40. The van der Waals surface area contributed by atoms with Crippen molar-refractivity contribution in [3.05, 3.63) is 77.9 Å². The molecule has 0 spiro atoms. The fourth-order valence-electron chi connectivity index (χ4n) is 2.26. The lowest BCUT2D eigenvalue weighted by Crippen LogP contribution is -2.31. The van der Waals surface area contributed by atoms with Gasteiger partial charge < -0.3 is 4.90 Å². The Morgan fingerprint density at radius 1 is 0.957 bits per heavy atom. The molecule has 0 atom stereocenters. The number of carbonyl (C=O) groups excluding carboxylic acids is 2. The van der Waals surface area contributed by atoms with Crippen LogP contribution in [-0.2, 0) is 16.1 Å². The van der Waals surface area contributed by atoms with Gasteiger partial charge in [0.2, 0.25) is 5.91 Å². The van der Waals surface area contributed by atoms with Crippen molar-refractivity contribution in [2.75, 3.05) is 6.54 Å². The number of carbonyl (C=O) groups is 2. The number of amides is 1. The molecule has 23 heavy (non-hydrogen) atoms. The van der Waals surface area contributed by atoms with Crippen molar-refractivity contribution in [2.45, 2.75) is 19.9 Å². The summed E-state index contributed by atoms with van der Waals surface area (Å²) in [6, 6.07) is 19.7. The molecule has 2 aromatic carbocycles. The van der Waals surface area contributed by atoms with E-state index >= 15 is 0 Å². The van der Waals surface area contributed by atoms with Crippen molar-refractivity contribution in [2.24, 2.45) is 0 Å². The Labute approximate surface area is 137 Å². The van der Waals surface area contributed by atoms with Crippen LogP contribution in [0.4, 0.5) is 0 Å². The van der Waals surface area contributed by atoms with Crippen molar-refractivity contribution in [1.82, 2.24) is 4.90 Å². The molecule has 0 aliphatic carbocycles. The van der Waals surface area contributed by atoms with Crippen LogP contribution in [0.5, 0.6) is 0 Å². The zero-order valence-electron chi connectivity index (χ0n) is 13.3. The van der Waals surface area contributed by atoms with Gasteiger partial charge in [-0.05, 0) is 18.1 Å². The Kier molecular flexibility index (Phi) is 6.30. The summed E-state index contributed by atoms with van der Waals surface area (Å²) >= 11 is 0. The second-order valence-electron chi connectivity index (χ2n) is 5.45. The molecule has 0 unspecified atom stereocenters. The first-order valence-electron chi connectivity index (χ1n) is 7.68. The van der Waals surface area contributed by atoms with Gasteiger partial charge in [-0.15, -0.1) is 0 Å². The highest BCUT2D eigenvalue weighted by Gasteiger charge is 2.14. The molecule has 0 fully saturated rings. The van der Waals surface area contributed by atoms with Gasteiger partial charge in [0.05, 0.1) is 6.42 Å². The number of rotatable bonds is 7. The molecule has 0 radical (unpaired) electrons. The fraction of sp³-hybridized carbons (Fsp3) is 0.200. The molecule has 2 aromatic rings. The summed E-state index contributed by atoms with van der Waals surface area (Å²) in [4.78, 5) is 25.2. The predicted octanol–water partition coefficient (Wildman–Crippen LogP) is 3.71. The monoisotopic (exact) mass is 307 g/mol. The first-order chi connectivity index (χ1) is 11.1. The summed E-state index contributed by atoms with van der Waals surface area (Å²) in [6.07, 6.45) is 3.89. The van der Waals surface area contributed by atoms with Gasteiger partial charge in [-0.1, -0.05) is 72.8 Å². The largest absolute Gasteiger partial charge is 0.334 e. The van der Waals surface area contributed by atoms with Crippen molar-refractivity contribution in [3.63, 3.8) is 0 Å². The van der Waals surface area contributed by atoms with Crippen LogP contribution in [0.3, 0.4) is 0 Å². The standard InChI is InChI=1S/C20H21NO2/c1-17(22)15-20(23)21(16-19-11-6-3-7-12-19)14-8-13-18-9-4-2-5-10-18/h2-13H,14-16H2,1H3/b13-8-. The Balaban J connectivity index is 2.05. The maximum Gasteiger partial charge on any atom is 0.230 e. The Bertz CT molecular complexity index is 663. The zero-order valence-corrected chi connectivity index (χ0v) is 13.3. The predicted molar refractivity (Wildman–Crippen MR) is 92.6 cm³/mol. The second-order valence-corrected chi connectivity index (χ2v) is 5.45. The minimum Gasteiger partial charge on any atom is -0.334 e. The quantitative estimate of drug-likeness (QED) is 0.731. The number of Topliss-reactive ketones (excluding diaryl/α,β-unsaturated/α-hetero) is 1. The van der Waals surface area contributed by atoms with Gasteiger partial charge in [0, 0.05) is 13.1 Å². The van der Waals surface area contributed by atoms with E-state index in [1.165, 1.54) is 6.92 Å². The van der Waals surface area contributed by atoms with Gasteiger partial charge >= 0.3 is 0 Å². The van der Waals surface area contributed by atoms with Gasteiger partial charge in [0.1, 0.15) is 5.78 Å². The van der Waals surface area contributed by atoms with Crippen molar-refractivity contribution in [1.29, 1.82) is 0 Å². The van der Waals surface area contributed by atoms with Crippen LogP contribution < -0.4 is 0 Å². The average molecular weight is 307 g/mol. The molecule has 0 heterocycles. The van der Waals surface area contributed by atoms with Crippen LogP contribution in [-0.4, -0.2) is 23.1 Å². The number of hydrogen-bond acceptors (Lipinski definition) is 2. The van der Waals surface area contributed by atoms with E-state index in [1.54, 1.807) is 4.90 Å². The summed E-state index contributed by atoms with van der Waals surface area (Å²) in [5, 5.41) is 0. The maximum absolute atomic E-state index is 12.3. The van der Waals surface area contributed by atoms with Gasteiger partial charge in [-0.3, -0.25) is 9.59 Å². The summed E-state index contributed by atoms with van der Waals surface area (Å²) in [5.41, 5.74) is 2.14. The molecule has 0 bridgehead atoms. The lowest BCUT2D eigenvalue weighted by atomic mass is 10.2. The van der Waals surface area contributed by atoms with E-state index < -0.39 is 0 Å². The molecule has 3 nitrogen and oxygen atoms in total. The maximum atomic E-state index is 12.3. The third-order valence-corrected chi connectivity index (χ3v) is 3.40. The number of nitrogens with zero attached hydrogens (tertiary/aromatic N) is 1. The van der Waals surface area contributed by atoms with Gasteiger partial charge in [0.15, 0.2) is 0 Å². The normalized spacial score (nSPS) is 10.7. The van der Waals surface area contributed by atoms with Crippen molar-refractivity contribution in [3.8, 4) is 0 Å². The first-order valence-corrected chi connectivity index (χ1v) is 7.68. The topological polar surface area (TPSA) is 37.4 Å². The summed E-state index contributed by atoms with van der Waals surface area (Å²) in [6.45, 7) is 2.43. The zero-order chi connectivity index (χ0) is 16.5. The molecule has 0 aromatic heterocycles. The third kappa shape index (κ3) is 5.91. The molecule has 1 amide bonds. The van der Waals surface area contributed by atoms with E-state index in [1.807, 2.05) is 72.8 Å². The number of hydrogen-bond donors (Lipinski definition) is 0. The second kappa shape index (κ2) is 8.69. The molecule has 0 saturated carbocycles.